The lowest BCUT2D eigenvalue weighted by Gasteiger charge is -2.37. The first-order chi connectivity index (χ1) is 15.9. The Morgan fingerprint density at radius 2 is 2.06 bits per heavy atom. The number of likely N-dealkylation sites (N-methyl/N-ethyl adjacent to an activating group) is 1. The molecule has 2 heterocycles. The van der Waals surface area contributed by atoms with Gasteiger partial charge in [0.15, 0.2) is 0 Å². The van der Waals surface area contributed by atoms with E-state index in [2.05, 4.69) is 34.8 Å². The zero-order chi connectivity index (χ0) is 23.5. The summed E-state index contributed by atoms with van der Waals surface area (Å²) in [5.74, 6) is 0.352. The van der Waals surface area contributed by atoms with Crippen LogP contribution in [0, 0.1) is 17.9 Å². The SMILES string of the molecule is [C-]#[N+]c1c(N2CCCC(N(C)C)C2)nc(SC(C(N)=O)c2ccccc2)c(C#N)c1C1CC1. The second-order valence-corrected chi connectivity index (χ2v) is 9.99. The van der Waals surface area contributed by atoms with Crippen LogP contribution in [0.1, 0.15) is 53.5 Å². The minimum Gasteiger partial charge on any atom is -0.368 e. The molecule has 8 heteroatoms. The molecule has 1 aliphatic heterocycles. The number of benzene rings is 1. The predicted octanol–water partition coefficient (Wildman–Crippen LogP) is 4.23. The minimum absolute atomic E-state index is 0.197. The van der Waals surface area contributed by atoms with E-state index in [0.29, 0.717) is 28.1 Å². The molecule has 2 aliphatic rings. The monoisotopic (exact) mass is 460 g/mol. The van der Waals surface area contributed by atoms with E-state index in [0.717, 1.165) is 49.9 Å². The maximum atomic E-state index is 12.4. The third-order valence-corrected chi connectivity index (χ3v) is 7.64. The van der Waals surface area contributed by atoms with Crippen LogP contribution in [-0.4, -0.2) is 49.0 Å². The van der Waals surface area contributed by atoms with Gasteiger partial charge < -0.3 is 15.5 Å². The van der Waals surface area contributed by atoms with Gasteiger partial charge in [0.1, 0.15) is 22.2 Å². The van der Waals surface area contributed by atoms with Crippen molar-refractivity contribution in [2.24, 2.45) is 5.73 Å². The Labute approximate surface area is 199 Å². The van der Waals surface area contributed by atoms with Crippen LogP contribution < -0.4 is 10.6 Å². The number of hydrogen-bond donors (Lipinski definition) is 1. The molecule has 170 valence electrons. The third-order valence-electron chi connectivity index (χ3n) is 6.38. The Morgan fingerprint density at radius 1 is 1.33 bits per heavy atom. The number of thioether (sulfide) groups is 1. The molecule has 1 saturated carbocycles. The smallest absolute Gasteiger partial charge is 0.235 e. The van der Waals surface area contributed by atoms with E-state index >= 15 is 0 Å². The van der Waals surface area contributed by atoms with Gasteiger partial charge in [-0.25, -0.2) is 9.83 Å². The molecule has 0 radical (unpaired) electrons. The summed E-state index contributed by atoms with van der Waals surface area (Å²) < 4.78 is 0. The van der Waals surface area contributed by atoms with Crippen molar-refractivity contribution in [1.82, 2.24) is 9.88 Å². The van der Waals surface area contributed by atoms with Crippen molar-refractivity contribution in [2.45, 2.75) is 47.9 Å². The molecule has 2 N–H and O–H groups in total. The second-order valence-electron chi connectivity index (χ2n) is 8.89. The van der Waals surface area contributed by atoms with Gasteiger partial charge in [-0.15, -0.1) is 0 Å². The largest absolute Gasteiger partial charge is 0.368 e. The minimum atomic E-state index is -0.666. The van der Waals surface area contributed by atoms with Gasteiger partial charge in [-0.2, -0.15) is 5.26 Å². The highest BCUT2D eigenvalue weighted by molar-refractivity contribution is 8.00. The highest BCUT2D eigenvalue weighted by atomic mass is 32.2. The lowest BCUT2D eigenvalue weighted by atomic mass is 10.0. The Balaban J connectivity index is 1.82. The van der Waals surface area contributed by atoms with Gasteiger partial charge in [-0.05, 0) is 56.8 Å². The number of rotatable bonds is 7. The van der Waals surface area contributed by atoms with Crippen molar-refractivity contribution < 1.29 is 4.79 Å². The van der Waals surface area contributed by atoms with Crippen LogP contribution in [0.15, 0.2) is 35.4 Å². The van der Waals surface area contributed by atoms with Crippen molar-refractivity contribution in [1.29, 1.82) is 5.26 Å². The number of nitrogens with zero attached hydrogens (tertiary/aromatic N) is 5. The van der Waals surface area contributed by atoms with Crippen LogP contribution in [-0.2, 0) is 4.79 Å². The number of hydrogen-bond acceptors (Lipinski definition) is 6. The molecule has 7 nitrogen and oxygen atoms in total. The molecule has 2 fully saturated rings. The number of amides is 1. The molecule has 33 heavy (non-hydrogen) atoms. The van der Waals surface area contributed by atoms with Crippen LogP contribution in [0.5, 0.6) is 0 Å². The molecule has 0 bridgehead atoms. The van der Waals surface area contributed by atoms with Crippen molar-refractivity contribution in [3.63, 3.8) is 0 Å². The van der Waals surface area contributed by atoms with Gasteiger partial charge in [-0.3, -0.25) is 4.79 Å². The Morgan fingerprint density at radius 3 is 2.64 bits per heavy atom. The molecule has 0 spiro atoms. The molecule has 2 unspecified atom stereocenters. The number of primary amides is 1. The molecule has 1 aliphatic carbocycles. The van der Waals surface area contributed by atoms with E-state index in [1.165, 1.54) is 11.8 Å². The first kappa shape index (κ1) is 23.1. The maximum absolute atomic E-state index is 12.4. The first-order valence-electron chi connectivity index (χ1n) is 11.2. The van der Waals surface area contributed by atoms with Gasteiger partial charge in [0.25, 0.3) is 0 Å². The van der Waals surface area contributed by atoms with Crippen molar-refractivity contribution >= 4 is 29.2 Å². The van der Waals surface area contributed by atoms with Gasteiger partial charge in [-0.1, -0.05) is 42.1 Å². The summed E-state index contributed by atoms with van der Waals surface area (Å²) in [7, 11) is 4.15. The predicted molar refractivity (Wildman–Crippen MR) is 130 cm³/mol. The van der Waals surface area contributed by atoms with Crippen molar-refractivity contribution in [3.8, 4) is 6.07 Å². The van der Waals surface area contributed by atoms with Crippen molar-refractivity contribution in [3.05, 3.63) is 58.4 Å². The van der Waals surface area contributed by atoms with Crippen LogP contribution >= 0.6 is 11.8 Å². The Kier molecular flexibility index (Phi) is 6.88. The number of carbonyl (C=O) groups is 1. The highest BCUT2D eigenvalue weighted by Crippen LogP contribution is 2.51. The summed E-state index contributed by atoms with van der Waals surface area (Å²) in [5, 5.41) is 9.91. The van der Waals surface area contributed by atoms with E-state index in [4.69, 9.17) is 17.3 Å². The molecular weight excluding hydrogens is 432 g/mol. The summed E-state index contributed by atoms with van der Waals surface area (Å²) in [5.41, 5.74) is 8.25. The molecule has 1 aromatic heterocycles. The van der Waals surface area contributed by atoms with Crippen LogP contribution in [0.4, 0.5) is 11.5 Å². The summed E-state index contributed by atoms with van der Waals surface area (Å²) in [6.07, 6.45) is 4.03. The molecule has 1 amide bonds. The fraction of sp³-hybridized carbons (Fsp3) is 0.440. The van der Waals surface area contributed by atoms with E-state index in [-0.39, 0.29) is 5.92 Å². The standard InChI is InChI=1S/C25H28N6OS/c1-28-21-20(16-11-12-16)19(14-26)25(33-22(23(27)32)17-8-5-4-6-9-17)29-24(21)31-13-7-10-18(15-31)30(2)3/h4-6,8-9,16,18,22H,7,10-13,15H2,2-3H3,(H2,27,32). The number of piperidine rings is 1. The summed E-state index contributed by atoms with van der Waals surface area (Å²) >= 11 is 1.22. The normalized spacial score (nSPS) is 19.1. The number of pyridine rings is 1. The first-order valence-corrected chi connectivity index (χ1v) is 12.1. The number of anilines is 1. The molecule has 1 saturated heterocycles. The summed E-state index contributed by atoms with van der Waals surface area (Å²) in [6.45, 7) is 9.54. The highest BCUT2D eigenvalue weighted by Gasteiger charge is 2.36. The molecular formula is C25H28N6OS. The molecule has 4 rings (SSSR count). The molecule has 1 aromatic carbocycles. The molecule has 2 aromatic rings. The molecule has 2 atom stereocenters. The zero-order valence-corrected chi connectivity index (χ0v) is 19.8. The van der Waals surface area contributed by atoms with E-state index in [1.54, 1.807) is 0 Å². The van der Waals surface area contributed by atoms with Crippen LogP contribution in [0.25, 0.3) is 4.85 Å². The summed E-state index contributed by atoms with van der Waals surface area (Å²) in [4.78, 5) is 25.5. The van der Waals surface area contributed by atoms with Crippen LogP contribution in [0.3, 0.4) is 0 Å². The fourth-order valence-electron chi connectivity index (χ4n) is 4.45. The number of nitrogens with two attached hydrogens (primary N) is 1. The van der Waals surface area contributed by atoms with E-state index in [9.17, 15) is 10.1 Å². The van der Waals surface area contributed by atoms with Gasteiger partial charge in [0.2, 0.25) is 11.6 Å². The Hall–Kier alpha value is -3.07. The number of aromatic nitrogens is 1. The Bertz CT molecular complexity index is 1120. The van der Waals surface area contributed by atoms with Gasteiger partial charge in [0.05, 0.1) is 12.1 Å². The summed E-state index contributed by atoms with van der Waals surface area (Å²) in [6, 6.07) is 12.0. The average molecular weight is 461 g/mol. The van der Waals surface area contributed by atoms with Crippen molar-refractivity contribution in [2.75, 3.05) is 32.1 Å². The topological polar surface area (TPSA) is 90.6 Å². The lowest BCUT2D eigenvalue weighted by molar-refractivity contribution is -0.117. The quantitative estimate of drug-likeness (QED) is 0.491. The van der Waals surface area contributed by atoms with E-state index in [1.807, 2.05) is 30.3 Å². The second kappa shape index (κ2) is 9.82. The van der Waals surface area contributed by atoms with Crippen LogP contribution in [0.2, 0.25) is 0 Å². The third kappa shape index (κ3) is 4.83. The average Bonchev–Trinajstić information content (AvgIpc) is 3.67. The van der Waals surface area contributed by atoms with Gasteiger partial charge >= 0.3 is 0 Å². The number of carbonyl (C=O) groups excluding carboxylic acids is 1. The van der Waals surface area contributed by atoms with Gasteiger partial charge in [0, 0.05) is 19.1 Å². The fourth-order valence-corrected chi connectivity index (χ4v) is 5.50. The zero-order valence-electron chi connectivity index (χ0n) is 19.0. The maximum Gasteiger partial charge on any atom is 0.235 e. The lowest BCUT2D eigenvalue weighted by Crippen LogP contribution is -2.45. The van der Waals surface area contributed by atoms with E-state index < -0.39 is 11.2 Å². The number of nitriles is 1.